The highest BCUT2D eigenvalue weighted by atomic mass is 15.2. The molecular weight excluding hydrogens is 372 g/mol. The van der Waals surface area contributed by atoms with Gasteiger partial charge in [0.2, 0.25) is 0 Å². The third kappa shape index (κ3) is 3.26. The number of rotatable bonds is 5. The van der Waals surface area contributed by atoms with Gasteiger partial charge in [0.1, 0.15) is 17.5 Å². The molecule has 0 saturated carbocycles. The summed E-state index contributed by atoms with van der Waals surface area (Å²) in [5, 5.41) is 0. The number of nitrogens with zero attached hydrogens (tertiary/aromatic N) is 5. The minimum Gasteiger partial charge on any atom is -0.351 e. The number of aromatic nitrogens is 5. The fourth-order valence-corrected chi connectivity index (χ4v) is 4.59. The largest absolute Gasteiger partial charge is 0.351 e. The van der Waals surface area contributed by atoms with Crippen LogP contribution in [0.5, 0.6) is 0 Å². The molecule has 4 aromatic rings. The van der Waals surface area contributed by atoms with Gasteiger partial charge in [-0.2, -0.15) is 0 Å². The Morgan fingerprint density at radius 3 is 2.53 bits per heavy atom. The maximum atomic E-state index is 4.93. The van der Waals surface area contributed by atoms with Gasteiger partial charge in [-0.05, 0) is 57.4 Å². The van der Waals surface area contributed by atoms with Gasteiger partial charge in [0.15, 0.2) is 0 Å². The first-order chi connectivity index (χ1) is 14.6. The second kappa shape index (κ2) is 7.59. The number of benzene rings is 1. The van der Waals surface area contributed by atoms with Gasteiger partial charge in [-0.25, -0.2) is 15.0 Å². The molecule has 5 rings (SSSR count). The Morgan fingerprint density at radius 2 is 1.83 bits per heavy atom. The van der Waals surface area contributed by atoms with E-state index in [2.05, 4.69) is 65.6 Å². The van der Waals surface area contributed by atoms with E-state index in [1.807, 2.05) is 18.5 Å². The number of pyridine rings is 1. The Morgan fingerprint density at radius 1 is 1.03 bits per heavy atom. The van der Waals surface area contributed by atoms with Gasteiger partial charge >= 0.3 is 0 Å². The molecule has 0 unspecified atom stereocenters. The molecule has 0 radical (unpaired) electrons. The van der Waals surface area contributed by atoms with Crippen LogP contribution in [-0.4, -0.2) is 36.6 Å². The molecule has 154 valence electrons. The van der Waals surface area contributed by atoms with Crippen molar-refractivity contribution in [1.29, 1.82) is 0 Å². The molecule has 4 heterocycles. The zero-order chi connectivity index (χ0) is 20.7. The highest BCUT2D eigenvalue weighted by Crippen LogP contribution is 2.31. The van der Waals surface area contributed by atoms with E-state index < -0.39 is 0 Å². The van der Waals surface area contributed by atoms with E-state index in [4.69, 9.17) is 15.0 Å². The van der Waals surface area contributed by atoms with Crippen molar-refractivity contribution in [2.45, 2.75) is 58.7 Å². The molecule has 3 aromatic heterocycles. The number of aryl methyl sites for hydroxylation is 1. The van der Waals surface area contributed by atoms with E-state index in [0.717, 1.165) is 46.2 Å². The van der Waals surface area contributed by atoms with Crippen molar-refractivity contribution in [2.24, 2.45) is 0 Å². The summed E-state index contributed by atoms with van der Waals surface area (Å²) in [5.41, 5.74) is 4.20. The zero-order valence-corrected chi connectivity index (χ0v) is 17.8. The number of anilines is 1. The summed E-state index contributed by atoms with van der Waals surface area (Å²) in [6, 6.07) is 13.6. The minimum atomic E-state index is 0.537. The van der Waals surface area contributed by atoms with Crippen LogP contribution in [-0.2, 0) is 13.0 Å². The standard InChI is InChI=1S/C24H28N6/c1-4-19-14-25-22(27-19)15-29-21-8-6-5-7-20(21)28-24(29)18-11-12-23(26-13-18)30-16(2)9-10-17(30)3/h5-8,11-14,16-17H,4,9-10,15H2,1-3H3,(H,25,27)/t16-,17-/m0/s1. The fourth-order valence-electron chi connectivity index (χ4n) is 4.59. The van der Waals surface area contributed by atoms with Crippen LogP contribution in [0.15, 0.2) is 48.8 Å². The lowest BCUT2D eigenvalue weighted by Crippen LogP contribution is -2.33. The molecule has 1 aliphatic rings. The average Bonchev–Trinajstić information content (AvgIpc) is 3.46. The number of aromatic amines is 1. The molecule has 1 aliphatic heterocycles. The van der Waals surface area contributed by atoms with Crippen molar-refractivity contribution in [3.8, 4) is 11.4 Å². The molecule has 0 spiro atoms. The molecule has 0 aliphatic carbocycles. The highest BCUT2D eigenvalue weighted by Gasteiger charge is 2.28. The summed E-state index contributed by atoms with van der Waals surface area (Å²) in [7, 11) is 0. The molecule has 0 amide bonds. The summed E-state index contributed by atoms with van der Waals surface area (Å²) in [4.78, 5) is 20.2. The first-order valence-electron chi connectivity index (χ1n) is 10.9. The molecule has 0 bridgehead atoms. The number of para-hydroxylation sites is 2. The number of hydrogen-bond acceptors (Lipinski definition) is 4. The van der Waals surface area contributed by atoms with Crippen LogP contribution < -0.4 is 4.90 Å². The van der Waals surface area contributed by atoms with Crippen LogP contribution in [0.4, 0.5) is 5.82 Å². The third-order valence-electron chi connectivity index (χ3n) is 6.23. The van der Waals surface area contributed by atoms with Crippen molar-refractivity contribution in [1.82, 2.24) is 24.5 Å². The van der Waals surface area contributed by atoms with E-state index in [9.17, 15) is 0 Å². The lowest BCUT2D eigenvalue weighted by atomic mass is 10.2. The SMILES string of the molecule is CCc1c[nH]c(Cn2c(-c3ccc(N4[C@@H](C)CC[C@@H]4C)nc3)nc3ccccc32)n1. The predicted octanol–water partition coefficient (Wildman–Crippen LogP) is 4.81. The van der Waals surface area contributed by atoms with Gasteiger partial charge in [-0.15, -0.1) is 0 Å². The molecule has 1 aromatic carbocycles. The van der Waals surface area contributed by atoms with Crippen LogP contribution >= 0.6 is 0 Å². The summed E-state index contributed by atoms with van der Waals surface area (Å²) < 4.78 is 2.23. The molecular formula is C24H28N6. The summed E-state index contributed by atoms with van der Waals surface area (Å²) >= 11 is 0. The van der Waals surface area contributed by atoms with Crippen molar-refractivity contribution >= 4 is 16.9 Å². The predicted molar refractivity (Wildman–Crippen MR) is 121 cm³/mol. The second-order valence-corrected chi connectivity index (χ2v) is 8.29. The molecule has 6 nitrogen and oxygen atoms in total. The third-order valence-corrected chi connectivity index (χ3v) is 6.23. The maximum Gasteiger partial charge on any atom is 0.143 e. The van der Waals surface area contributed by atoms with Crippen molar-refractivity contribution in [3.63, 3.8) is 0 Å². The Labute approximate surface area is 177 Å². The molecule has 1 saturated heterocycles. The Hall–Kier alpha value is -3.15. The van der Waals surface area contributed by atoms with Gasteiger partial charge in [-0.1, -0.05) is 19.1 Å². The summed E-state index contributed by atoms with van der Waals surface area (Å²) in [5.74, 6) is 2.92. The van der Waals surface area contributed by atoms with Crippen LogP contribution in [0, 0.1) is 0 Å². The van der Waals surface area contributed by atoms with Gasteiger partial charge in [0, 0.05) is 30.0 Å². The fraction of sp³-hybridized carbons (Fsp3) is 0.375. The minimum absolute atomic E-state index is 0.537. The van der Waals surface area contributed by atoms with E-state index in [-0.39, 0.29) is 0 Å². The van der Waals surface area contributed by atoms with Crippen molar-refractivity contribution < 1.29 is 0 Å². The van der Waals surface area contributed by atoms with Crippen LogP contribution in [0.2, 0.25) is 0 Å². The highest BCUT2D eigenvalue weighted by molar-refractivity contribution is 5.80. The normalized spacial score (nSPS) is 19.1. The topological polar surface area (TPSA) is 62.6 Å². The monoisotopic (exact) mass is 400 g/mol. The maximum absolute atomic E-state index is 4.93. The Kier molecular flexibility index (Phi) is 4.77. The van der Waals surface area contributed by atoms with Crippen molar-refractivity contribution in [3.05, 3.63) is 60.3 Å². The first kappa shape index (κ1) is 18.9. The first-order valence-corrected chi connectivity index (χ1v) is 10.9. The summed E-state index contributed by atoms with van der Waals surface area (Å²) in [6.45, 7) is 7.34. The molecule has 30 heavy (non-hydrogen) atoms. The second-order valence-electron chi connectivity index (χ2n) is 8.29. The van der Waals surface area contributed by atoms with Gasteiger partial charge in [0.25, 0.3) is 0 Å². The molecule has 1 N–H and O–H groups in total. The van der Waals surface area contributed by atoms with E-state index in [1.165, 1.54) is 12.8 Å². The molecule has 6 heteroatoms. The van der Waals surface area contributed by atoms with E-state index in [0.29, 0.717) is 18.6 Å². The Balaban J connectivity index is 1.53. The number of imidazole rings is 2. The van der Waals surface area contributed by atoms with Crippen LogP contribution in [0.1, 0.15) is 45.1 Å². The van der Waals surface area contributed by atoms with Gasteiger partial charge in [0.05, 0.1) is 23.3 Å². The number of hydrogen-bond donors (Lipinski definition) is 1. The van der Waals surface area contributed by atoms with Crippen LogP contribution in [0.25, 0.3) is 22.4 Å². The van der Waals surface area contributed by atoms with Gasteiger partial charge < -0.3 is 14.5 Å². The smallest absolute Gasteiger partial charge is 0.143 e. The van der Waals surface area contributed by atoms with E-state index >= 15 is 0 Å². The molecule has 2 atom stereocenters. The van der Waals surface area contributed by atoms with Crippen molar-refractivity contribution in [2.75, 3.05) is 4.90 Å². The Bertz CT molecular complexity index is 1150. The zero-order valence-electron chi connectivity index (χ0n) is 17.8. The lowest BCUT2D eigenvalue weighted by molar-refractivity contribution is 0.683. The average molecular weight is 401 g/mol. The van der Waals surface area contributed by atoms with E-state index in [1.54, 1.807) is 0 Å². The lowest BCUT2D eigenvalue weighted by Gasteiger charge is -2.27. The van der Waals surface area contributed by atoms with Crippen LogP contribution in [0.3, 0.4) is 0 Å². The number of nitrogens with one attached hydrogen (secondary N) is 1. The number of H-pyrrole nitrogens is 1. The molecule has 1 fully saturated rings. The number of fused-ring (bicyclic) bond motifs is 1. The summed E-state index contributed by atoms with van der Waals surface area (Å²) in [6.07, 6.45) is 7.33. The quantitative estimate of drug-likeness (QED) is 0.522. The van der Waals surface area contributed by atoms with Gasteiger partial charge in [-0.3, -0.25) is 0 Å².